The van der Waals surface area contributed by atoms with Crippen LogP contribution in [0, 0.1) is 0 Å². The van der Waals surface area contributed by atoms with Gasteiger partial charge in [-0.25, -0.2) is 9.97 Å². The molecule has 5 nitrogen and oxygen atoms in total. The molecule has 2 heterocycles. The van der Waals surface area contributed by atoms with Gasteiger partial charge in [0.05, 0.1) is 14.2 Å². The Morgan fingerprint density at radius 1 is 0.800 bits per heavy atom. The van der Waals surface area contributed by atoms with Gasteiger partial charge in [0.25, 0.3) is 0 Å². The lowest BCUT2D eigenvalue weighted by atomic mass is 10.1. The van der Waals surface area contributed by atoms with E-state index in [4.69, 9.17) is 14.5 Å². The van der Waals surface area contributed by atoms with Crippen molar-refractivity contribution in [2.75, 3.05) is 19.5 Å². The van der Waals surface area contributed by atoms with E-state index in [1.165, 1.54) is 0 Å². The molecule has 0 aliphatic rings. The standard InChI is InChI=1S/C20H17N3O2/c1-24-17-11-15-14-9-6-10-21-19(14)23-20(16(15)12-18(17)25-2)22-13-7-4-3-5-8-13/h3-12H,1-2H3,(H,21,22,23). The second-order valence-electron chi connectivity index (χ2n) is 5.58. The van der Waals surface area contributed by atoms with E-state index in [-0.39, 0.29) is 0 Å². The number of aromatic nitrogens is 2. The van der Waals surface area contributed by atoms with E-state index < -0.39 is 0 Å². The maximum atomic E-state index is 5.47. The van der Waals surface area contributed by atoms with Crippen molar-refractivity contribution in [1.82, 2.24) is 9.97 Å². The highest BCUT2D eigenvalue weighted by atomic mass is 16.5. The Kier molecular flexibility index (Phi) is 3.82. The van der Waals surface area contributed by atoms with Crippen LogP contribution in [0.4, 0.5) is 11.5 Å². The van der Waals surface area contributed by atoms with Crippen LogP contribution in [0.2, 0.25) is 0 Å². The number of pyridine rings is 2. The third-order valence-corrected chi connectivity index (χ3v) is 4.11. The molecule has 5 heteroatoms. The maximum absolute atomic E-state index is 5.47. The predicted octanol–water partition coefficient (Wildman–Crippen LogP) is 4.54. The lowest BCUT2D eigenvalue weighted by Gasteiger charge is -2.14. The van der Waals surface area contributed by atoms with E-state index in [1.54, 1.807) is 20.4 Å². The zero-order chi connectivity index (χ0) is 17.2. The van der Waals surface area contributed by atoms with Gasteiger partial charge in [0, 0.05) is 28.0 Å². The van der Waals surface area contributed by atoms with Crippen LogP contribution >= 0.6 is 0 Å². The third-order valence-electron chi connectivity index (χ3n) is 4.11. The number of nitrogens with one attached hydrogen (secondary N) is 1. The molecule has 1 N–H and O–H groups in total. The molecule has 0 radical (unpaired) electrons. The first-order valence-electron chi connectivity index (χ1n) is 7.92. The van der Waals surface area contributed by atoms with Gasteiger partial charge >= 0.3 is 0 Å². The van der Waals surface area contributed by atoms with Gasteiger partial charge in [-0.15, -0.1) is 0 Å². The number of para-hydroxylation sites is 1. The summed E-state index contributed by atoms with van der Waals surface area (Å²) in [4.78, 5) is 9.12. The third kappa shape index (κ3) is 2.70. The molecule has 0 atom stereocenters. The molecule has 0 spiro atoms. The Balaban J connectivity index is 2.02. The second-order valence-corrected chi connectivity index (χ2v) is 5.58. The Bertz CT molecular complexity index is 1050. The van der Waals surface area contributed by atoms with Crippen molar-refractivity contribution in [1.29, 1.82) is 0 Å². The molecular formula is C20H17N3O2. The topological polar surface area (TPSA) is 56.3 Å². The van der Waals surface area contributed by atoms with Crippen LogP contribution in [0.1, 0.15) is 0 Å². The summed E-state index contributed by atoms with van der Waals surface area (Å²) in [5.41, 5.74) is 1.64. The minimum atomic E-state index is 0.663. The molecule has 4 rings (SSSR count). The summed E-state index contributed by atoms with van der Waals surface area (Å²) >= 11 is 0. The Hall–Kier alpha value is -3.34. The molecule has 0 amide bonds. The number of methoxy groups -OCH3 is 2. The van der Waals surface area contributed by atoms with E-state index in [9.17, 15) is 0 Å². The summed E-state index contributed by atoms with van der Waals surface area (Å²) in [6, 6.07) is 17.8. The molecule has 0 saturated heterocycles. The van der Waals surface area contributed by atoms with Crippen molar-refractivity contribution >= 4 is 33.3 Å². The highest BCUT2D eigenvalue weighted by Crippen LogP contribution is 2.38. The molecule has 0 aliphatic heterocycles. The average molecular weight is 331 g/mol. The van der Waals surface area contributed by atoms with E-state index in [0.29, 0.717) is 17.1 Å². The average Bonchev–Trinajstić information content (AvgIpc) is 2.68. The normalized spacial score (nSPS) is 10.8. The number of benzene rings is 2. The van der Waals surface area contributed by atoms with E-state index in [1.807, 2.05) is 54.6 Å². The molecule has 0 aliphatic carbocycles. The largest absolute Gasteiger partial charge is 0.493 e. The van der Waals surface area contributed by atoms with Crippen molar-refractivity contribution < 1.29 is 9.47 Å². The van der Waals surface area contributed by atoms with Gasteiger partial charge in [-0.3, -0.25) is 0 Å². The molecule has 0 fully saturated rings. The van der Waals surface area contributed by atoms with Crippen molar-refractivity contribution in [3.05, 3.63) is 60.8 Å². The molecule has 0 bridgehead atoms. The van der Waals surface area contributed by atoms with Gasteiger partial charge in [-0.2, -0.15) is 0 Å². The number of ether oxygens (including phenoxy) is 2. The molecule has 2 aromatic carbocycles. The molecule has 124 valence electrons. The van der Waals surface area contributed by atoms with Crippen LogP contribution in [0.5, 0.6) is 11.5 Å². The van der Waals surface area contributed by atoms with Crippen LogP contribution in [-0.2, 0) is 0 Å². The summed E-state index contributed by atoms with van der Waals surface area (Å²) in [7, 11) is 3.26. The summed E-state index contributed by atoms with van der Waals surface area (Å²) in [5.74, 6) is 2.07. The van der Waals surface area contributed by atoms with Crippen LogP contribution in [0.3, 0.4) is 0 Å². The van der Waals surface area contributed by atoms with Gasteiger partial charge in [0.1, 0.15) is 5.82 Å². The van der Waals surface area contributed by atoms with Crippen molar-refractivity contribution in [3.8, 4) is 11.5 Å². The van der Waals surface area contributed by atoms with Crippen LogP contribution in [0.25, 0.3) is 21.8 Å². The fourth-order valence-corrected chi connectivity index (χ4v) is 2.91. The number of rotatable bonds is 4. The molecular weight excluding hydrogens is 314 g/mol. The van der Waals surface area contributed by atoms with Crippen molar-refractivity contribution in [3.63, 3.8) is 0 Å². The van der Waals surface area contributed by atoms with Gasteiger partial charge < -0.3 is 14.8 Å². The van der Waals surface area contributed by atoms with Gasteiger partial charge in [0.2, 0.25) is 0 Å². The number of anilines is 2. The highest BCUT2D eigenvalue weighted by Gasteiger charge is 2.14. The Labute approximate surface area is 145 Å². The fraction of sp³-hybridized carbons (Fsp3) is 0.100. The summed E-state index contributed by atoms with van der Waals surface area (Å²) < 4.78 is 10.9. The van der Waals surface area contributed by atoms with E-state index in [2.05, 4.69) is 10.3 Å². The SMILES string of the molecule is COc1cc2c(Nc3ccccc3)nc3ncccc3c2cc1OC. The maximum Gasteiger partial charge on any atom is 0.162 e. The lowest BCUT2D eigenvalue weighted by molar-refractivity contribution is 0.356. The van der Waals surface area contributed by atoms with Gasteiger partial charge in [-0.1, -0.05) is 18.2 Å². The van der Waals surface area contributed by atoms with Crippen molar-refractivity contribution in [2.45, 2.75) is 0 Å². The van der Waals surface area contributed by atoms with E-state index >= 15 is 0 Å². The summed E-state index contributed by atoms with van der Waals surface area (Å²) in [5, 5.41) is 6.30. The molecule has 0 saturated carbocycles. The van der Waals surface area contributed by atoms with Gasteiger partial charge in [0.15, 0.2) is 17.1 Å². The lowest BCUT2D eigenvalue weighted by Crippen LogP contribution is -1.98. The number of hydrogen-bond donors (Lipinski definition) is 1. The van der Waals surface area contributed by atoms with E-state index in [0.717, 1.165) is 27.7 Å². The smallest absolute Gasteiger partial charge is 0.162 e. The highest BCUT2D eigenvalue weighted by molar-refractivity contribution is 6.10. The Morgan fingerprint density at radius 3 is 2.24 bits per heavy atom. The molecule has 2 aromatic heterocycles. The summed E-state index contributed by atoms with van der Waals surface area (Å²) in [6.07, 6.45) is 1.74. The van der Waals surface area contributed by atoms with Crippen molar-refractivity contribution in [2.24, 2.45) is 0 Å². The number of hydrogen-bond acceptors (Lipinski definition) is 5. The van der Waals surface area contributed by atoms with Gasteiger partial charge in [-0.05, 0) is 36.4 Å². The second kappa shape index (κ2) is 6.28. The minimum Gasteiger partial charge on any atom is -0.493 e. The predicted molar refractivity (Wildman–Crippen MR) is 99.9 cm³/mol. The molecule has 4 aromatic rings. The fourth-order valence-electron chi connectivity index (χ4n) is 2.91. The monoisotopic (exact) mass is 331 g/mol. The van der Waals surface area contributed by atoms with Crippen LogP contribution < -0.4 is 14.8 Å². The van der Waals surface area contributed by atoms with Crippen LogP contribution in [0.15, 0.2) is 60.8 Å². The molecule has 0 unspecified atom stereocenters. The zero-order valence-electron chi connectivity index (χ0n) is 14.0. The number of nitrogens with zero attached hydrogens (tertiary/aromatic N) is 2. The first-order chi connectivity index (χ1) is 12.3. The number of fused-ring (bicyclic) bond motifs is 3. The first-order valence-corrected chi connectivity index (χ1v) is 7.92. The first kappa shape index (κ1) is 15.2. The quantitative estimate of drug-likeness (QED) is 0.556. The van der Waals surface area contributed by atoms with Crippen LogP contribution in [-0.4, -0.2) is 24.2 Å². The zero-order valence-corrected chi connectivity index (χ0v) is 14.0. The minimum absolute atomic E-state index is 0.663. The molecule has 25 heavy (non-hydrogen) atoms. The Morgan fingerprint density at radius 2 is 1.52 bits per heavy atom. The summed E-state index contributed by atoms with van der Waals surface area (Å²) in [6.45, 7) is 0.